The molecule has 0 bridgehead atoms. The van der Waals surface area contributed by atoms with E-state index in [-0.39, 0.29) is 0 Å². The van der Waals surface area contributed by atoms with Crippen molar-refractivity contribution in [3.63, 3.8) is 0 Å². The summed E-state index contributed by atoms with van der Waals surface area (Å²) in [5, 5.41) is 7.40. The second-order valence-electron chi connectivity index (χ2n) is 5.77. The first-order valence-electron chi connectivity index (χ1n) is 7.59. The van der Waals surface area contributed by atoms with Crippen LogP contribution in [0.25, 0.3) is 0 Å². The van der Waals surface area contributed by atoms with Gasteiger partial charge in [-0.2, -0.15) is 0 Å². The smallest absolute Gasteiger partial charge is 0.159 e. The van der Waals surface area contributed by atoms with Gasteiger partial charge >= 0.3 is 0 Å². The SMILES string of the molecule is Cc1cc(C)cc(Nc2ncnc(Nc3cc(Cl)cc(Cl)c3)c2N)c1. The monoisotopic (exact) mass is 373 g/mol. The number of halogens is 2. The summed E-state index contributed by atoms with van der Waals surface area (Å²) in [5.41, 5.74) is 10.5. The quantitative estimate of drug-likeness (QED) is 0.565. The zero-order valence-corrected chi connectivity index (χ0v) is 15.3. The fraction of sp³-hybridized carbons (Fsp3) is 0.111. The highest BCUT2D eigenvalue weighted by atomic mass is 35.5. The Bertz CT molecular complexity index is 815. The Hall–Kier alpha value is -2.50. The van der Waals surface area contributed by atoms with Crippen molar-refractivity contribution in [3.05, 3.63) is 63.9 Å². The highest BCUT2D eigenvalue weighted by Gasteiger charge is 2.10. The van der Waals surface area contributed by atoms with Crippen LogP contribution in [0.3, 0.4) is 0 Å². The number of hydrogen-bond acceptors (Lipinski definition) is 5. The maximum absolute atomic E-state index is 6.22. The zero-order valence-electron chi connectivity index (χ0n) is 13.8. The lowest BCUT2D eigenvalue weighted by Crippen LogP contribution is -2.05. The molecule has 1 heterocycles. The number of hydrogen-bond donors (Lipinski definition) is 3. The second-order valence-corrected chi connectivity index (χ2v) is 6.64. The van der Waals surface area contributed by atoms with Crippen LogP contribution in [0.1, 0.15) is 11.1 Å². The van der Waals surface area contributed by atoms with Crippen molar-refractivity contribution in [2.75, 3.05) is 16.4 Å². The molecule has 0 fully saturated rings. The van der Waals surface area contributed by atoms with E-state index in [0.29, 0.717) is 33.1 Å². The van der Waals surface area contributed by atoms with Crippen molar-refractivity contribution < 1.29 is 0 Å². The van der Waals surface area contributed by atoms with E-state index in [1.807, 2.05) is 26.0 Å². The minimum Gasteiger partial charge on any atom is -0.393 e. The third-order valence-corrected chi connectivity index (χ3v) is 3.93. The number of aromatic nitrogens is 2. The summed E-state index contributed by atoms with van der Waals surface area (Å²) < 4.78 is 0. The number of nitrogens with one attached hydrogen (secondary N) is 2. The van der Waals surface area contributed by atoms with Gasteiger partial charge in [-0.3, -0.25) is 0 Å². The number of nitrogens with two attached hydrogens (primary N) is 1. The minimum atomic E-state index is 0.401. The number of anilines is 5. The third-order valence-electron chi connectivity index (χ3n) is 3.49. The van der Waals surface area contributed by atoms with Crippen LogP contribution in [0, 0.1) is 13.8 Å². The first-order chi connectivity index (χ1) is 11.9. The first-order valence-corrected chi connectivity index (χ1v) is 8.35. The minimum absolute atomic E-state index is 0.401. The van der Waals surface area contributed by atoms with Gasteiger partial charge in [0, 0.05) is 21.4 Å². The van der Waals surface area contributed by atoms with Crippen LogP contribution >= 0.6 is 23.2 Å². The summed E-state index contributed by atoms with van der Waals surface area (Å²) in [6.07, 6.45) is 1.44. The Morgan fingerprint density at radius 3 is 1.76 bits per heavy atom. The van der Waals surface area contributed by atoms with Crippen LogP contribution in [-0.2, 0) is 0 Å². The molecule has 0 radical (unpaired) electrons. The van der Waals surface area contributed by atoms with Gasteiger partial charge in [0.2, 0.25) is 0 Å². The highest BCUT2D eigenvalue weighted by molar-refractivity contribution is 6.35. The van der Waals surface area contributed by atoms with Crippen LogP contribution in [0.15, 0.2) is 42.7 Å². The molecular weight excluding hydrogens is 357 g/mol. The molecule has 3 rings (SSSR count). The third kappa shape index (κ3) is 4.32. The van der Waals surface area contributed by atoms with E-state index in [9.17, 15) is 0 Å². The summed E-state index contributed by atoms with van der Waals surface area (Å²) >= 11 is 12.0. The van der Waals surface area contributed by atoms with Gasteiger partial charge in [0.25, 0.3) is 0 Å². The molecule has 25 heavy (non-hydrogen) atoms. The number of benzene rings is 2. The average Bonchev–Trinajstić information content (AvgIpc) is 2.49. The average molecular weight is 374 g/mol. The van der Waals surface area contributed by atoms with Gasteiger partial charge in [-0.1, -0.05) is 29.3 Å². The van der Waals surface area contributed by atoms with E-state index < -0.39 is 0 Å². The molecule has 7 heteroatoms. The molecule has 4 N–H and O–H groups in total. The van der Waals surface area contributed by atoms with Gasteiger partial charge < -0.3 is 16.4 Å². The zero-order chi connectivity index (χ0) is 18.0. The van der Waals surface area contributed by atoms with Crippen molar-refractivity contribution in [1.82, 2.24) is 9.97 Å². The van der Waals surface area contributed by atoms with Gasteiger partial charge in [0.1, 0.15) is 12.0 Å². The Kier molecular flexibility index (Phi) is 4.97. The molecule has 0 amide bonds. The van der Waals surface area contributed by atoms with E-state index in [2.05, 4.69) is 26.7 Å². The Labute approximate surface area is 156 Å². The Morgan fingerprint density at radius 2 is 1.24 bits per heavy atom. The summed E-state index contributed by atoms with van der Waals surface area (Å²) in [6.45, 7) is 4.08. The predicted octanol–water partition coefficient (Wildman–Crippen LogP) is 5.47. The lowest BCUT2D eigenvalue weighted by molar-refractivity contribution is 1.17. The fourth-order valence-electron chi connectivity index (χ4n) is 2.54. The van der Waals surface area contributed by atoms with E-state index in [0.717, 1.165) is 16.8 Å². The molecule has 1 aromatic heterocycles. The van der Waals surface area contributed by atoms with Crippen molar-refractivity contribution >= 4 is 51.9 Å². The number of aryl methyl sites for hydroxylation is 2. The van der Waals surface area contributed by atoms with E-state index in [1.54, 1.807) is 18.2 Å². The van der Waals surface area contributed by atoms with Crippen molar-refractivity contribution in [2.24, 2.45) is 0 Å². The van der Waals surface area contributed by atoms with Crippen LogP contribution in [0.2, 0.25) is 10.0 Å². The second kappa shape index (κ2) is 7.17. The molecule has 0 atom stereocenters. The molecule has 0 saturated carbocycles. The van der Waals surface area contributed by atoms with Gasteiger partial charge in [-0.15, -0.1) is 0 Å². The van der Waals surface area contributed by atoms with Crippen LogP contribution < -0.4 is 16.4 Å². The van der Waals surface area contributed by atoms with E-state index in [4.69, 9.17) is 28.9 Å². The topological polar surface area (TPSA) is 75.9 Å². The molecule has 5 nitrogen and oxygen atoms in total. The Balaban J connectivity index is 1.89. The molecule has 0 aliphatic carbocycles. The predicted molar refractivity (Wildman–Crippen MR) is 105 cm³/mol. The lowest BCUT2D eigenvalue weighted by atomic mass is 10.1. The molecular formula is C18H17Cl2N5. The molecule has 3 aromatic rings. The van der Waals surface area contributed by atoms with E-state index >= 15 is 0 Å². The standard InChI is InChI=1S/C18H17Cl2N5/c1-10-3-11(2)5-14(4-10)24-17-16(21)18(23-9-22-17)25-15-7-12(19)6-13(20)8-15/h3-9H,21H2,1-2H3,(H2,22,23,24,25). The molecule has 0 aliphatic rings. The number of nitrogens with zero attached hydrogens (tertiary/aromatic N) is 2. The first kappa shape index (κ1) is 17.3. The molecule has 0 aliphatic heterocycles. The molecule has 0 spiro atoms. The summed E-state index contributed by atoms with van der Waals surface area (Å²) in [6, 6.07) is 11.3. The summed E-state index contributed by atoms with van der Waals surface area (Å²) in [4.78, 5) is 8.43. The van der Waals surface area contributed by atoms with Crippen molar-refractivity contribution in [2.45, 2.75) is 13.8 Å². The normalized spacial score (nSPS) is 10.6. The molecule has 0 unspecified atom stereocenters. The summed E-state index contributed by atoms with van der Waals surface area (Å²) in [5.74, 6) is 0.996. The number of nitrogen functional groups attached to an aromatic ring is 1. The summed E-state index contributed by atoms with van der Waals surface area (Å²) in [7, 11) is 0. The van der Waals surface area contributed by atoms with Crippen LogP contribution in [0.4, 0.5) is 28.7 Å². The van der Waals surface area contributed by atoms with Crippen LogP contribution in [-0.4, -0.2) is 9.97 Å². The maximum atomic E-state index is 6.22. The van der Waals surface area contributed by atoms with E-state index in [1.165, 1.54) is 6.33 Å². The molecule has 0 saturated heterocycles. The lowest BCUT2D eigenvalue weighted by Gasteiger charge is -2.13. The van der Waals surface area contributed by atoms with Gasteiger partial charge in [-0.25, -0.2) is 9.97 Å². The molecule has 128 valence electrons. The maximum Gasteiger partial charge on any atom is 0.159 e. The number of rotatable bonds is 4. The van der Waals surface area contributed by atoms with Crippen molar-refractivity contribution in [3.8, 4) is 0 Å². The molecule has 2 aromatic carbocycles. The fourth-order valence-corrected chi connectivity index (χ4v) is 3.07. The van der Waals surface area contributed by atoms with Gasteiger partial charge in [0.15, 0.2) is 11.6 Å². The van der Waals surface area contributed by atoms with Gasteiger partial charge in [0.05, 0.1) is 0 Å². The largest absolute Gasteiger partial charge is 0.393 e. The Morgan fingerprint density at radius 1 is 0.760 bits per heavy atom. The van der Waals surface area contributed by atoms with Crippen molar-refractivity contribution in [1.29, 1.82) is 0 Å². The highest BCUT2D eigenvalue weighted by Crippen LogP contribution is 2.30. The van der Waals surface area contributed by atoms with Crippen LogP contribution in [0.5, 0.6) is 0 Å². The van der Waals surface area contributed by atoms with Gasteiger partial charge in [-0.05, 0) is 55.3 Å².